The molecule has 2 heterocycles. The van der Waals surface area contributed by atoms with Gasteiger partial charge in [0.1, 0.15) is 0 Å². The summed E-state index contributed by atoms with van der Waals surface area (Å²) in [5.74, 6) is 0.286. The van der Waals surface area contributed by atoms with Gasteiger partial charge in [-0.2, -0.15) is 0 Å². The molecule has 18 heavy (non-hydrogen) atoms. The number of likely N-dealkylation sites (tertiary alicyclic amines) is 1. The van der Waals surface area contributed by atoms with Crippen molar-refractivity contribution >= 4 is 33.2 Å². The zero-order chi connectivity index (χ0) is 12.5. The first-order chi connectivity index (χ1) is 8.74. The van der Waals surface area contributed by atoms with Crippen LogP contribution in [0.4, 0.5) is 0 Å². The lowest BCUT2D eigenvalue weighted by Crippen LogP contribution is -2.50. The van der Waals surface area contributed by atoms with Gasteiger partial charge in [-0.05, 0) is 53.1 Å². The molecule has 5 heteroatoms. The Morgan fingerprint density at radius 1 is 1.44 bits per heavy atom. The summed E-state index contributed by atoms with van der Waals surface area (Å²) in [4.78, 5) is 15.6. The second kappa shape index (κ2) is 5.31. The molecule has 1 amide bonds. The van der Waals surface area contributed by atoms with Gasteiger partial charge in [-0.1, -0.05) is 0 Å². The third-order valence-corrected chi connectivity index (χ3v) is 5.48. The number of amides is 1. The van der Waals surface area contributed by atoms with E-state index in [4.69, 9.17) is 0 Å². The number of rotatable bonds is 4. The first kappa shape index (κ1) is 12.6. The van der Waals surface area contributed by atoms with E-state index in [1.54, 1.807) is 11.3 Å². The maximum atomic E-state index is 12.4. The van der Waals surface area contributed by atoms with Crippen molar-refractivity contribution in [1.82, 2.24) is 10.2 Å². The van der Waals surface area contributed by atoms with Crippen LogP contribution >= 0.6 is 27.3 Å². The summed E-state index contributed by atoms with van der Waals surface area (Å²) in [6, 6.07) is 2.71. The van der Waals surface area contributed by atoms with E-state index in [9.17, 15) is 4.79 Å². The number of halogens is 1. The van der Waals surface area contributed by atoms with Gasteiger partial charge in [-0.3, -0.25) is 4.79 Å². The summed E-state index contributed by atoms with van der Waals surface area (Å²) in [6.07, 6.45) is 4.58. The van der Waals surface area contributed by atoms with Crippen molar-refractivity contribution in [3.05, 3.63) is 20.8 Å². The molecule has 1 aliphatic carbocycles. The van der Waals surface area contributed by atoms with Crippen LogP contribution in [0.3, 0.4) is 0 Å². The number of nitrogens with zero attached hydrogens (tertiary/aromatic N) is 1. The number of hydrogen-bond donors (Lipinski definition) is 1. The monoisotopic (exact) mass is 328 g/mol. The minimum atomic E-state index is 0.0602. The van der Waals surface area contributed by atoms with Crippen LogP contribution in [-0.2, 0) is 11.3 Å². The number of hydrogen-bond acceptors (Lipinski definition) is 3. The van der Waals surface area contributed by atoms with Crippen molar-refractivity contribution in [2.75, 3.05) is 6.54 Å². The molecule has 1 aromatic rings. The van der Waals surface area contributed by atoms with Gasteiger partial charge in [0.25, 0.3) is 0 Å². The number of carbonyl (C=O) groups is 1. The normalized spacial score (nSPS) is 24.6. The highest BCUT2D eigenvalue weighted by Crippen LogP contribution is 2.27. The molecule has 0 bridgehead atoms. The largest absolute Gasteiger partial charge is 0.336 e. The molecule has 0 aromatic carbocycles. The molecule has 1 saturated carbocycles. The van der Waals surface area contributed by atoms with Crippen molar-refractivity contribution < 1.29 is 4.79 Å². The Kier molecular flexibility index (Phi) is 3.73. The van der Waals surface area contributed by atoms with Crippen molar-refractivity contribution in [3.63, 3.8) is 0 Å². The Labute approximate surface area is 120 Å². The fraction of sp³-hybridized carbons (Fsp3) is 0.615. The fourth-order valence-electron chi connectivity index (χ4n) is 2.40. The SMILES string of the molecule is O=C1C(NC2CC2)CCCN1Cc1sccc1Br. The predicted molar refractivity (Wildman–Crippen MR) is 76.6 cm³/mol. The molecule has 1 atom stereocenters. The summed E-state index contributed by atoms with van der Waals surface area (Å²) in [7, 11) is 0. The maximum absolute atomic E-state index is 12.4. The second-order valence-electron chi connectivity index (χ2n) is 5.09. The van der Waals surface area contributed by atoms with Crippen LogP contribution in [0.1, 0.15) is 30.6 Å². The lowest BCUT2D eigenvalue weighted by Gasteiger charge is -2.32. The van der Waals surface area contributed by atoms with Crippen LogP contribution in [0.25, 0.3) is 0 Å². The Morgan fingerprint density at radius 3 is 2.94 bits per heavy atom. The van der Waals surface area contributed by atoms with Gasteiger partial charge in [0.15, 0.2) is 0 Å². The van der Waals surface area contributed by atoms with Gasteiger partial charge >= 0.3 is 0 Å². The van der Waals surface area contributed by atoms with Crippen LogP contribution < -0.4 is 5.32 Å². The first-order valence-electron chi connectivity index (χ1n) is 6.51. The molecule has 3 nitrogen and oxygen atoms in total. The highest BCUT2D eigenvalue weighted by molar-refractivity contribution is 9.10. The molecule has 1 N–H and O–H groups in total. The minimum Gasteiger partial charge on any atom is -0.336 e. The number of carbonyl (C=O) groups excluding carboxylic acids is 1. The Hall–Kier alpha value is -0.390. The quantitative estimate of drug-likeness (QED) is 0.921. The smallest absolute Gasteiger partial charge is 0.240 e. The van der Waals surface area contributed by atoms with Crippen LogP contribution in [-0.4, -0.2) is 29.4 Å². The van der Waals surface area contributed by atoms with Gasteiger partial charge in [0.05, 0.1) is 12.6 Å². The van der Waals surface area contributed by atoms with E-state index in [0.717, 1.165) is 30.4 Å². The second-order valence-corrected chi connectivity index (χ2v) is 6.94. The molecule has 2 fully saturated rings. The van der Waals surface area contributed by atoms with Crippen LogP contribution in [0.15, 0.2) is 15.9 Å². The molecule has 3 rings (SSSR count). The molecular weight excluding hydrogens is 312 g/mol. The van der Waals surface area contributed by atoms with E-state index in [0.29, 0.717) is 6.04 Å². The van der Waals surface area contributed by atoms with Gasteiger partial charge in [-0.25, -0.2) is 0 Å². The maximum Gasteiger partial charge on any atom is 0.240 e. The predicted octanol–water partition coefficient (Wildman–Crippen LogP) is 2.75. The fourth-order valence-corrected chi connectivity index (χ4v) is 3.89. The average molecular weight is 329 g/mol. The van der Waals surface area contributed by atoms with Crippen molar-refractivity contribution in [1.29, 1.82) is 0 Å². The van der Waals surface area contributed by atoms with Gasteiger partial charge in [-0.15, -0.1) is 11.3 Å². The third kappa shape index (κ3) is 2.78. The molecular formula is C13H17BrN2OS. The van der Waals surface area contributed by atoms with Crippen LogP contribution in [0.5, 0.6) is 0 Å². The van der Waals surface area contributed by atoms with Crippen LogP contribution in [0, 0.1) is 0 Å². The molecule has 98 valence electrons. The summed E-state index contributed by atoms with van der Waals surface area (Å²) >= 11 is 5.25. The van der Waals surface area contributed by atoms with E-state index in [2.05, 4.69) is 26.6 Å². The third-order valence-electron chi connectivity index (χ3n) is 3.57. The van der Waals surface area contributed by atoms with Gasteiger partial charge in [0.2, 0.25) is 5.91 Å². The van der Waals surface area contributed by atoms with Crippen molar-refractivity contribution in [3.8, 4) is 0 Å². The van der Waals surface area contributed by atoms with Gasteiger partial charge < -0.3 is 10.2 Å². The Balaban J connectivity index is 1.64. The Bertz CT molecular complexity index is 444. The highest BCUT2D eigenvalue weighted by atomic mass is 79.9. The van der Waals surface area contributed by atoms with E-state index in [1.807, 2.05) is 11.0 Å². The van der Waals surface area contributed by atoms with E-state index in [1.165, 1.54) is 17.7 Å². The summed E-state index contributed by atoms with van der Waals surface area (Å²) in [5.41, 5.74) is 0. The van der Waals surface area contributed by atoms with E-state index >= 15 is 0 Å². The van der Waals surface area contributed by atoms with Crippen molar-refractivity contribution in [2.45, 2.75) is 44.3 Å². The Morgan fingerprint density at radius 2 is 2.28 bits per heavy atom. The molecule has 1 aromatic heterocycles. The van der Waals surface area contributed by atoms with E-state index in [-0.39, 0.29) is 11.9 Å². The molecule has 0 radical (unpaired) electrons. The lowest BCUT2D eigenvalue weighted by molar-refractivity contribution is -0.136. The topological polar surface area (TPSA) is 32.3 Å². The van der Waals surface area contributed by atoms with Crippen LogP contribution in [0.2, 0.25) is 0 Å². The van der Waals surface area contributed by atoms with Crippen molar-refractivity contribution in [2.24, 2.45) is 0 Å². The average Bonchev–Trinajstić information content (AvgIpc) is 3.08. The first-order valence-corrected chi connectivity index (χ1v) is 8.18. The summed E-state index contributed by atoms with van der Waals surface area (Å²) in [5, 5.41) is 5.53. The lowest BCUT2D eigenvalue weighted by atomic mass is 10.0. The summed E-state index contributed by atoms with van der Waals surface area (Å²) < 4.78 is 1.12. The number of piperidine rings is 1. The summed E-state index contributed by atoms with van der Waals surface area (Å²) in [6.45, 7) is 1.64. The van der Waals surface area contributed by atoms with Gasteiger partial charge in [0, 0.05) is 21.9 Å². The molecule has 1 saturated heterocycles. The molecule has 1 unspecified atom stereocenters. The standard InChI is InChI=1S/C13H17BrN2OS/c14-10-5-7-18-12(10)8-16-6-1-2-11(13(16)17)15-9-3-4-9/h5,7,9,11,15H,1-4,6,8H2. The number of thiophene rings is 1. The molecule has 1 aliphatic heterocycles. The van der Waals surface area contributed by atoms with E-state index < -0.39 is 0 Å². The highest BCUT2D eigenvalue weighted by Gasteiger charge is 2.33. The zero-order valence-corrected chi connectivity index (χ0v) is 12.6. The number of nitrogens with one attached hydrogen (secondary N) is 1. The molecule has 0 spiro atoms. The zero-order valence-electron chi connectivity index (χ0n) is 10.2. The minimum absolute atomic E-state index is 0.0602. The molecule has 2 aliphatic rings.